The predicted molar refractivity (Wildman–Crippen MR) is 89.0 cm³/mol. The van der Waals surface area contributed by atoms with E-state index in [0.29, 0.717) is 18.1 Å². The molecule has 24 heavy (non-hydrogen) atoms. The second-order valence-corrected chi connectivity index (χ2v) is 5.56. The molecule has 0 radical (unpaired) electrons. The fraction of sp³-hybridized carbons (Fsp3) is 0.111. The highest BCUT2D eigenvalue weighted by atomic mass is 16.3. The summed E-state index contributed by atoms with van der Waals surface area (Å²) in [7, 11) is 0. The van der Waals surface area contributed by atoms with Crippen LogP contribution >= 0.6 is 0 Å². The Labute approximate surface area is 138 Å². The summed E-state index contributed by atoms with van der Waals surface area (Å²) >= 11 is 0. The molecule has 0 bridgehead atoms. The molecule has 0 amide bonds. The van der Waals surface area contributed by atoms with E-state index in [1.54, 1.807) is 23.3 Å². The van der Waals surface area contributed by atoms with E-state index in [2.05, 4.69) is 51.5 Å². The van der Waals surface area contributed by atoms with Crippen molar-refractivity contribution < 1.29 is 4.42 Å². The van der Waals surface area contributed by atoms with Crippen LogP contribution in [0.3, 0.4) is 0 Å². The molecule has 0 aliphatic carbocycles. The van der Waals surface area contributed by atoms with Gasteiger partial charge in [0, 0.05) is 18.0 Å². The molecule has 0 saturated carbocycles. The molecule has 3 aromatic heterocycles. The van der Waals surface area contributed by atoms with Gasteiger partial charge in [-0.15, -0.1) is 5.10 Å². The van der Waals surface area contributed by atoms with E-state index in [1.165, 1.54) is 11.1 Å². The highest BCUT2D eigenvalue weighted by Gasteiger charge is 2.08. The Hall–Kier alpha value is -3.28. The van der Waals surface area contributed by atoms with Crippen molar-refractivity contribution in [2.24, 2.45) is 0 Å². The standard InChI is InChI=1S/C18H15N5O/c1-13-4-6-14(7-5-13)11-23-12-16(21-22-23)15-9-19-18(20-10-15)17-3-2-8-24-17/h2-10,12H,11H2,1H3. The van der Waals surface area contributed by atoms with E-state index in [-0.39, 0.29) is 0 Å². The third kappa shape index (κ3) is 2.94. The van der Waals surface area contributed by atoms with Crippen molar-refractivity contribution in [3.05, 3.63) is 72.4 Å². The summed E-state index contributed by atoms with van der Waals surface area (Å²) in [5, 5.41) is 8.38. The van der Waals surface area contributed by atoms with Gasteiger partial charge in [0.25, 0.3) is 0 Å². The van der Waals surface area contributed by atoms with Gasteiger partial charge in [0.1, 0.15) is 5.69 Å². The van der Waals surface area contributed by atoms with E-state index in [4.69, 9.17) is 4.42 Å². The lowest BCUT2D eigenvalue weighted by Gasteiger charge is -2.01. The molecule has 0 saturated heterocycles. The van der Waals surface area contributed by atoms with Crippen LogP contribution in [0.4, 0.5) is 0 Å². The zero-order valence-electron chi connectivity index (χ0n) is 13.1. The first-order chi connectivity index (χ1) is 11.8. The van der Waals surface area contributed by atoms with E-state index >= 15 is 0 Å². The minimum absolute atomic E-state index is 0.552. The molecule has 4 rings (SSSR count). The molecule has 4 aromatic rings. The van der Waals surface area contributed by atoms with E-state index < -0.39 is 0 Å². The monoisotopic (exact) mass is 317 g/mol. The van der Waals surface area contributed by atoms with Gasteiger partial charge in [-0.05, 0) is 24.6 Å². The largest absolute Gasteiger partial charge is 0.461 e. The summed E-state index contributed by atoms with van der Waals surface area (Å²) < 4.78 is 7.09. The Bertz CT molecular complexity index is 924. The smallest absolute Gasteiger partial charge is 0.195 e. The van der Waals surface area contributed by atoms with Crippen molar-refractivity contribution in [3.63, 3.8) is 0 Å². The molecule has 0 spiro atoms. The van der Waals surface area contributed by atoms with Crippen LogP contribution < -0.4 is 0 Å². The molecule has 6 heteroatoms. The van der Waals surface area contributed by atoms with E-state index in [9.17, 15) is 0 Å². The molecule has 0 aliphatic heterocycles. The molecule has 118 valence electrons. The van der Waals surface area contributed by atoms with E-state index in [1.807, 2.05) is 18.3 Å². The number of hydrogen-bond acceptors (Lipinski definition) is 5. The lowest BCUT2D eigenvalue weighted by atomic mass is 10.1. The number of hydrogen-bond donors (Lipinski definition) is 0. The van der Waals surface area contributed by atoms with Gasteiger partial charge < -0.3 is 4.42 Å². The van der Waals surface area contributed by atoms with Crippen LogP contribution in [0.15, 0.2) is 65.7 Å². The minimum Gasteiger partial charge on any atom is -0.461 e. The zero-order valence-corrected chi connectivity index (χ0v) is 13.1. The summed E-state index contributed by atoms with van der Waals surface area (Å²) in [6.07, 6.45) is 6.95. The summed E-state index contributed by atoms with van der Waals surface area (Å²) in [5.41, 5.74) is 3.99. The van der Waals surface area contributed by atoms with Gasteiger partial charge in [-0.1, -0.05) is 35.0 Å². The van der Waals surface area contributed by atoms with Crippen molar-refractivity contribution in [1.29, 1.82) is 0 Å². The third-order valence-corrected chi connectivity index (χ3v) is 3.69. The molecular formula is C18H15N5O. The number of nitrogens with zero attached hydrogens (tertiary/aromatic N) is 5. The van der Waals surface area contributed by atoms with Crippen LogP contribution in [-0.2, 0) is 6.54 Å². The highest BCUT2D eigenvalue weighted by molar-refractivity contribution is 5.57. The molecular weight excluding hydrogens is 302 g/mol. The maximum Gasteiger partial charge on any atom is 0.195 e. The van der Waals surface area contributed by atoms with Crippen molar-refractivity contribution in [2.45, 2.75) is 13.5 Å². The van der Waals surface area contributed by atoms with Gasteiger partial charge >= 0.3 is 0 Å². The van der Waals surface area contributed by atoms with Gasteiger partial charge in [-0.3, -0.25) is 0 Å². The summed E-state index contributed by atoms with van der Waals surface area (Å²) in [6, 6.07) is 12.0. The van der Waals surface area contributed by atoms with Crippen molar-refractivity contribution >= 4 is 0 Å². The summed E-state index contributed by atoms with van der Waals surface area (Å²) in [5.74, 6) is 1.19. The molecule has 0 atom stereocenters. The topological polar surface area (TPSA) is 69.6 Å². The molecule has 6 nitrogen and oxygen atoms in total. The quantitative estimate of drug-likeness (QED) is 0.577. The molecule has 0 aliphatic rings. The first kappa shape index (κ1) is 14.3. The van der Waals surface area contributed by atoms with E-state index in [0.717, 1.165) is 11.3 Å². The Morgan fingerprint density at radius 3 is 2.54 bits per heavy atom. The van der Waals surface area contributed by atoms with Crippen LogP contribution in [0.5, 0.6) is 0 Å². The van der Waals surface area contributed by atoms with Crippen molar-refractivity contribution in [2.75, 3.05) is 0 Å². The fourth-order valence-corrected chi connectivity index (χ4v) is 2.38. The van der Waals surface area contributed by atoms with Crippen LogP contribution in [0, 0.1) is 6.92 Å². The number of aromatic nitrogens is 5. The SMILES string of the molecule is Cc1ccc(Cn2cc(-c3cnc(-c4ccco4)nc3)nn2)cc1. The Morgan fingerprint density at radius 2 is 1.83 bits per heavy atom. The number of furan rings is 1. The lowest BCUT2D eigenvalue weighted by Crippen LogP contribution is -2.00. The normalized spacial score (nSPS) is 10.9. The van der Waals surface area contributed by atoms with Crippen LogP contribution in [0.25, 0.3) is 22.8 Å². The number of benzene rings is 1. The van der Waals surface area contributed by atoms with Crippen LogP contribution in [-0.4, -0.2) is 25.0 Å². The first-order valence-electron chi connectivity index (χ1n) is 7.60. The van der Waals surface area contributed by atoms with Gasteiger partial charge in [0.05, 0.1) is 19.0 Å². The molecule has 3 heterocycles. The summed E-state index contributed by atoms with van der Waals surface area (Å²) in [4.78, 5) is 8.64. The Morgan fingerprint density at radius 1 is 1.04 bits per heavy atom. The average Bonchev–Trinajstić information content (AvgIpc) is 3.29. The average molecular weight is 317 g/mol. The zero-order chi connectivity index (χ0) is 16.4. The first-order valence-corrected chi connectivity index (χ1v) is 7.60. The highest BCUT2D eigenvalue weighted by Crippen LogP contribution is 2.19. The second-order valence-electron chi connectivity index (χ2n) is 5.56. The van der Waals surface area contributed by atoms with Gasteiger partial charge in [-0.2, -0.15) is 0 Å². The van der Waals surface area contributed by atoms with Crippen molar-refractivity contribution in [1.82, 2.24) is 25.0 Å². The number of aryl methyl sites for hydroxylation is 1. The minimum atomic E-state index is 0.552. The Kier molecular flexibility index (Phi) is 3.63. The molecule has 1 aromatic carbocycles. The summed E-state index contributed by atoms with van der Waals surface area (Å²) in [6.45, 7) is 2.75. The van der Waals surface area contributed by atoms with Gasteiger partial charge in [-0.25, -0.2) is 14.6 Å². The molecule has 0 fully saturated rings. The van der Waals surface area contributed by atoms with Crippen molar-refractivity contribution in [3.8, 4) is 22.8 Å². The fourth-order valence-electron chi connectivity index (χ4n) is 2.38. The Balaban J connectivity index is 1.53. The second kappa shape index (κ2) is 6.08. The molecule has 0 N–H and O–H groups in total. The third-order valence-electron chi connectivity index (χ3n) is 3.69. The van der Waals surface area contributed by atoms with Gasteiger partial charge in [0.2, 0.25) is 0 Å². The number of rotatable bonds is 4. The van der Waals surface area contributed by atoms with Crippen LogP contribution in [0.1, 0.15) is 11.1 Å². The maximum atomic E-state index is 5.29. The molecule has 0 unspecified atom stereocenters. The van der Waals surface area contributed by atoms with Crippen LogP contribution in [0.2, 0.25) is 0 Å². The van der Waals surface area contributed by atoms with Gasteiger partial charge in [0.15, 0.2) is 11.6 Å². The predicted octanol–water partition coefficient (Wildman–Crippen LogP) is 3.35. The lowest BCUT2D eigenvalue weighted by molar-refractivity contribution is 0.577. The maximum absolute atomic E-state index is 5.29.